The van der Waals surface area contributed by atoms with Crippen molar-refractivity contribution in [1.29, 1.82) is 0 Å². The molecule has 5 heteroatoms. The van der Waals surface area contributed by atoms with Crippen molar-refractivity contribution in [1.82, 2.24) is 14.9 Å². The third-order valence-electron chi connectivity index (χ3n) is 3.44. The van der Waals surface area contributed by atoms with Crippen LogP contribution < -0.4 is 10.6 Å². The number of aromatic nitrogens is 2. The van der Waals surface area contributed by atoms with E-state index in [0.717, 1.165) is 48.6 Å². The van der Waals surface area contributed by atoms with Crippen LogP contribution >= 0.6 is 0 Å². The molecule has 0 aliphatic carbocycles. The summed E-state index contributed by atoms with van der Waals surface area (Å²) in [7, 11) is 2.15. The molecule has 3 rings (SSSR count). The summed E-state index contributed by atoms with van der Waals surface area (Å²) in [6.45, 7) is 4.12. The first-order valence-electron chi connectivity index (χ1n) is 6.18. The minimum atomic E-state index is 0.757. The van der Waals surface area contributed by atoms with Gasteiger partial charge < -0.3 is 15.5 Å². The van der Waals surface area contributed by atoms with E-state index in [1.54, 1.807) is 6.33 Å². The Hall–Kier alpha value is -1.88. The van der Waals surface area contributed by atoms with E-state index < -0.39 is 0 Å². The van der Waals surface area contributed by atoms with Gasteiger partial charge >= 0.3 is 0 Å². The lowest BCUT2D eigenvalue weighted by atomic mass is 10.2. The van der Waals surface area contributed by atoms with E-state index in [1.165, 1.54) is 0 Å². The molecule has 18 heavy (non-hydrogen) atoms. The van der Waals surface area contributed by atoms with Crippen LogP contribution in [0.15, 0.2) is 24.5 Å². The fourth-order valence-electron chi connectivity index (χ4n) is 2.33. The van der Waals surface area contributed by atoms with Crippen molar-refractivity contribution in [3.05, 3.63) is 24.5 Å². The van der Waals surface area contributed by atoms with E-state index in [0.29, 0.717) is 0 Å². The van der Waals surface area contributed by atoms with Crippen LogP contribution in [-0.2, 0) is 0 Å². The Morgan fingerprint density at radius 3 is 2.67 bits per heavy atom. The molecule has 2 aromatic rings. The number of nitrogens with zero attached hydrogens (tertiary/aromatic N) is 4. The number of nitrogen functional groups attached to an aromatic ring is 1. The van der Waals surface area contributed by atoms with Gasteiger partial charge in [-0.1, -0.05) is 0 Å². The standard InChI is InChI=1S/C13H17N5/c1-17-4-6-18(7-5-17)13-11-8-10(14)2-3-12(11)15-9-16-13/h2-3,8-9H,4-7,14H2,1H3. The van der Waals surface area contributed by atoms with Gasteiger partial charge in [0.1, 0.15) is 12.1 Å². The monoisotopic (exact) mass is 243 g/mol. The molecule has 0 unspecified atom stereocenters. The number of anilines is 2. The number of piperazine rings is 1. The molecule has 5 nitrogen and oxygen atoms in total. The third kappa shape index (κ3) is 1.97. The Balaban J connectivity index is 2.03. The van der Waals surface area contributed by atoms with Gasteiger partial charge in [-0.2, -0.15) is 0 Å². The van der Waals surface area contributed by atoms with Gasteiger partial charge in [0.05, 0.1) is 5.52 Å². The number of nitrogens with two attached hydrogens (primary N) is 1. The van der Waals surface area contributed by atoms with Crippen LogP contribution in [0.2, 0.25) is 0 Å². The fraction of sp³-hybridized carbons (Fsp3) is 0.385. The number of hydrogen-bond donors (Lipinski definition) is 1. The van der Waals surface area contributed by atoms with Gasteiger partial charge in [-0.25, -0.2) is 9.97 Å². The Labute approximate surface area is 106 Å². The lowest BCUT2D eigenvalue weighted by Gasteiger charge is -2.33. The SMILES string of the molecule is CN1CCN(c2ncnc3ccc(N)cc23)CC1. The van der Waals surface area contributed by atoms with Crippen molar-refractivity contribution in [2.75, 3.05) is 43.9 Å². The van der Waals surface area contributed by atoms with E-state index >= 15 is 0 Å². The predicted octanol–water partition coefficient (Wildman–Crippen LogP) is 0.964. The Morgan fingerprint density at radius 1 is 1.11 bits per heavy atom. The highest BCUT2D eigenvalue weighted by molar-refractivity contribution is 5.91. The number of likely N-dealkylation sites (N-methyl/N-ethyl adjacent to an activating group) is 1. The van der Waals surface area contributed by atoms with Crippen molar-refractivity contribution in [3.63, 3.8) is 0 Å². The molecule has 1 saturated heterocycles. The quantitative estimate of drug-likeness (QED) is 0.756. The first-order chi connectivity index (χ1) is 8.74. The Morgan fingerprint density at radius 2 is 1.89 bits per heavy atom. The molecule has 1 aromatic heterocycles. The summed E-state index contributed by atoms with van der Waals surface area (Å²) >= 11 is 0. The van der Waals surface area contributed by atoms with Crippen LogP contribution in [0.5, 0.6) is 0 Å². The van der Waals surface area contributed by atoms with Crippen LogP contribution in [0.1, 0.15) is 0 Å². The average molecular weight is 243 g/mol. The fourth-order valence-corrected chi connectivity index (χ4v) is 2.33. The van der Waals surface area contributed by atoms with Crippen molar-refractivity contribution in [2.45, 2.75) is 0 Å². The second kappa shape index (κ2) is 4.42. The minimum Gasteiger partial charge on any atom is -0.399 e. The molecule has 2 N–H and O–H groups in total. The molecular weight excluding hydrogens is 226 g/mol. The van der Waals surface area contributed by atoms with E-state index in [2.05, 4.69) is 26.8 Å². The summed E-state index contributed by atoms with van der Waals surface area (Å²) < 4.78 is 0. The van der Waals surface area contributed by atoms with E-state index in [4.69, 9.17) is 5.73 Å². The molecule has 0 bridgehead atoms. The number of fused-ring (bicyclic) bond motifs is 1. The average Bonchev–Trinajstić information content (AvgIpc) is 2.39. The molecule has 0 spiro atoms. The molecule has 1 aromatic carbocycles. The minimum absolute atomic E-state index is 0.757. The summed E-state index contributed by atoms with van der Waals surface area (Å²) in [5.41, 5.74) is 7.57. The number of hydrogen-bond acceptors (Lipinski definition) is 5. The van der Waals surface area contributed by atoms with Crippen LogP contribution in [0.25, 0.3) is 10.9 Å². The van der Waals surface area contributed by atoms with E-state index in [9.17, 15) is 0 Å². The molecule has 0 amide bonds. The topological polar surface area (TPSA) is 58.3 Å². The predicted molar refractivity (Wildman–Crippen MR) is 73.7 cm³/mol. The Kier molecular flexibility index (Phi) is 2.76. The highest BCUT2D eigenvalue weighted by Crippen LogP contribution is 2.25. The van der Waals surface area contributed by atoms with Gasteiger partial charge in [0.15, 0.2) is 0 Å². The van der Waals surface area contributed by atoms with E-state index in [-0.39, 0.29) is 0 Å². The van der Waals surface area contributed by atoms with Gasteiger partial charge in [-0.05, 0) is 25.2 Å². The maximum atomic E-state index is 5.86. The molecule has 0 radical (unpaired) electrons. The summed E-state index contributed by atoms with van der Waals surface area (Å²) in [4.78, 5) is 13.4. The smallest absolute Gasteiger partial charge is 0.140 e. The first kappa shape index (κ1) is 11.2. The first-order valence-corrected chi connectivity index (χ1v) is 6.18. The Bertz CT molecular complexity index is 560. The third-order valence-corrected chi connectivity index (χ3v) is 3.44. The van der Waals surface area contributed by atoms with Gasteiger partial charge in [-0.3, -0.25) is 0 Å². The highest BCUT2D eigenvalue weighted by Gasteiger charge is 2.17. The molecule has 0 atom stereocenters. The van der Waals surface area contributed by atoms with Gasteiger partial charge in [0.2, 0.25) is 0 Å². The molecule has 1 aliphatic heterocycles. The second-order valence-electron chi connectivity index (χ2n) is 4.76. The second-order valence-corrected chi connectivity index (χ2v) is 4.76. The largest absolute Gasteiger partial charge is 0.399 e. The number of rotatable bonds is 1. The summed E-state index contributed by atoms with van der Waals surface area (Å²) in [6.07, 6.45) is 1.63. The summed E-state index contributed by atoms with van der Waals surface area (Å²) in [5, 5.41) is 1.04. The zero-order valence-corrected chi connectivity index (χ0v) is 10.5. The molecular formula is C13H17N5. The van der Waals surface area contributed by atoms with Crippen molar-refractivity contribution >= 4 is 22.4 Å². The summed E-state index contributed by atoms with van der Waals surface area (Å²) in [5.74, 6) is 1.00. The van der Waals surface area contributed by atoms with Crippen LogP contribution in [-0.4, -0.2) is 48.1 Å². The van der Waals surface area contributed by atoms with Crippen LogP contribution in [0.4, 0.5) is 11.5 Å². The maximum Gasteiger partial charge on any atom is 0.140 e. The lowest BCUT2D eigenvalue weighted by molar-refractivity contribution is 0.312. The van der Waals surface area contributed by atoms with Gasteiger partial charge in [0.25, 0.3) is 0 Å². The zero-order valence-electron chi connectivity index (χ0n) is 10.5. The van der Waals surface area contributed by atoms with E-state index in [1.807, 2.05) is 18.2 Å². The molecule has 1 fully saturated rings. The van der Waals surface area contributed by atoms with Crippen molar-refractivity contribution in [2.24, 2.45) is 0 Å². The van der Waals surface area contributed by atoms with Gasteiger partial charge in [-0.15, -0.1) is 0 Å². The lowest BCUT2D eigenvalue weighted by Crippen LogP contribution is -2.44. The molecule has 0 saturated carbocycles. The normalized spacial score (nSPS) is 17.3. The molecule has 94 valence electrons. The number of benzene rings is 1. The molecule has 2 heterocycles. The summed E-state index contributed by atoms with van der Waals surface area (Å²) in [6, 6.07) is 5.79. The zero-order chi connectivity index (χ0) is 12.5. The van der Waals surface area contributed by atoms with Crippen LogP contribution in [0.3, 0.4) is 0 Å². The van der Waals surface area contributed by atoms with Crippen LogP contribution in [0, 0.1) is 0 Å². The van der Waals surface area contributed by atoms with Crippen molar-refractivity contribution < 1.29 is 0 Å². The molecule has 1 aliphatic rings. The highest BCUT2D eigenvalue weighted by atomic mass is 15.3. The van der Waals surface area contributed by atoms with Gasteiger partial charge in [0, 0.05) is 37.3 Å². The maximum absolute atomic E-state index is 5.86. The van der Waals surface area contributed by atoms with Crippen molar-refractivity contribution in [3.8, 4) is 0 Å².